The van der Waals surface area contributed by atoms with Gasteiger partial charge in [-0.1, -0.05) is 35.9 Å². The molecule has 0 saturated carbocycles. The van der Waals surface area contributed by atoms with Gasteiger partial charge in [0.05, 0.1) is 16.4 Å². The Balaban J connectivity index is 1.90. The lowest BCUT2D eigenvalue weighted by atomic mass is 10.2. The molecule has 0 fully saturated rings. The van der Waals surface area contributed by atoms with Crippen LogP contribution in [-0.2, 0) is 16.6 Å². The number of rotatable bonds is 6. The summed E-state index contributed by atoms with van der Waals surface area (Å²) in [4.78, 5) is 4.20. The Morgan fingerprint density at radius 3 is 2.59 bits per heavy atom. The molecule has 3 rings (SSSR count). The van der Waals surface area contributed by atoms with Crippen LogP contribution in [0.1, 0.15) is 11.3 Å². The second-order valence-electron chi connectivity index (χ2n) is 5.78. The second kappa shape index (κ2) is 8.28. The van der Waals surface area contributed by atoms with Crippen molar-refractivity contribution in [3.8, 4) is 0 Å². The molecular weight excluding hydrogens is 384 g/mol. The minimum atomic E-state index is -3.89. The number of halogens is 1. The zero-order valence-corrected chi connectivity index (χ0v) is 16.1. The highest BCUT2D eigenvalue weighted by Crippen LogP contribution is 2.30. The highest BCUT2D eigenvalue weighted by atomic mass is 35.5. The minimum Gasteiger partial charge on any atom is -0.278 e. The Labute approximate surface area is 163 Å². The summed E-state index contributed by atoms with van der Waals surface area (Å²) in [7, 11) is -3.89. The SMILES string of the molecule is Cc1ccc(N=NCc2ccccn2)c(S(=O)(=O)Nc2ccccc2Cl)c1. The fraction of sp³-hybridized carbons (Fsp3) is 0.105. The van der Waals surface area contributed by atoms with Crippen LogP contribution in [-0.4, -0.2) is 13.4 Å². The first kappa shape index (κ1) is 19.0. The molecule has 0 saturated heterocycles. The van der Waals surface area contributed by atoms with Crippen LogP contribution in [0.3, 0.4) is 0 Å². The normalized spacial score (nSPS) is 11.6. The number of hydrogen-bond acceptors (Lipinski definition) is 5. The van der Waals surface area contributed by atoms with Gasteiger partial charge in [-0.25, -0.2) is 8.42 Å². The van der Waals surface area contributed by atoms with E-state index in [9.17, 15) is 8.42 Å². The van der Waals surface area contributed by atoms with Crippen molar-refractivity contribution < 1.29 is 8.42 Å². The quantitative estimate of drug-likeness (QED) is 0.582. The average Bonchev–Trinajstić information content (AvgIpc) is 2.65. The van der Waals surface area contributed by atoms with Crippen molar-refractivity contribution in [3.63, 3.8) is 0 Å². The molecule has 1 N–H and O–H groups in total. The van der Waals surface area contributed by atoms with Crippen LogP contribution in [0.4, 0.5) is 11.4 Å². The Bertz CT molecular complexity index is 1070. The Morgan fingerprint density at radius 1 is 1.07 bits per heavy atom. The number of pyridine rings is 1. The van der Waals surface area contributed by atoms with Crippen molar-refractivity contribution in [2.45, 2.75) is 18.4 Å². The smallest absolute Gasteiger partial charge is 0.264 e. The standard InChI is InChI=1S/C19H17ClN4O2S/c1-14-9-10-18(23-22-13-15-6-4-5-11-21-15)19(12-14)27(25,26)24-17-8-3-2-7-16(17)20/h2-12,24H,13H2,1H3. The fourth-order valence-electron chi connectivity index (χ4n) is 2.34. The fourth-order valence-corrected chi connectivity index (χ4v) is 3.88. The van der Waals surface area contributed by atoms with Crippen molar-refractivity contribution in [1.82, 2.24) is 4.98 Å². The lowest BCUT2D eigenvalue weighted by Gasteiger charge is -2.11. The number of nitrogens with zero attached hydrogens (tertiary/aromatic N) is 3. The summed E-state index contributed by atoms with van der Waals surface area (Å²) < 4.78 is 28.3. The summed E-state index contributed by atoms with van der Waals surface area (Å²) in [5.74, 6) is 0. The third-order valence-electron chi connectivity index (χ3n) is 3.66. The molecule has 1 aromatic heterocycles. The van der Waals surface area contributed by atoms with E-state index in [1.54, 1.807) is 48.7 Å². The van der Waals surface area contributed by atoms with E-state index < -0.39 is 10.0 Å². The van der Waals surface area contributed by atoms with Crippen molar-refractivity contribution in [1.29, 1.82) is 0 Å². The van der Waals surface area contributed by atoms with Gasteiger partial charge in [0, 0.05) is 6.20 Å². The maximum atomic E-state index is 12.9. The van der Waals surface area contributed by atoms with Crippen molar-refractivity contribution >= 4 is 33.0 Å². The lowest BCUT2D eigenvalue weighted by Crippen LogP contribution is -2.13. The number of nitrogens with one attached hydrogen (secondary N) is 1. The third-order valence-corrected chi connectivity index (χ3v) is 5.38. The lowest BCUT2D eigenvalue weighted by molar-refractivity contribution is 0.601. The van der Waals surface area contributed by atoms with Gasteiger partial charge in [-0.2, -0.15) is 10.2 Å². The Morgan fingerprint density at radius 2 is 1.85 bits per heavy atom. The number of azo groups is 1. The molecular formula is C19H17ClN4O2S. The van der Waals surface area contributed by atoms with E-state index in [0.29, 0.717) is 10.7 Å². The van der Waals surface area contributed by atoms with Gasteiger partial charge in [0.25, 0.3) is 10.0 Å². The molecule has 0 spiro atoms. The number of aromatic nitrogens is 1. The number of benzene rings is 2. The highest BCUT2D eigenvalue weighted by Gasteiger charge is 2.20. The molecule has 0 bridgehead atoms. The average molecular weight is 401 g/mol. The molecule has 138 valence electrons. The van der Waals surface area contributed by atoms with Gasteiger partial charge in [-0.05, 0) is 48.9 Å². The summed E-state index contributed by atoms with van der Waals surface area (Å²) in [6, 6.07) is 17.1. The van der Waals surface area contributed by atoms with Gasteiger partial charge in [0.1, 0.15) is 17.1 Å². The Kier molecular flexibility index (Phi) is 5.83. The van der Waals surface area contributed by atoms with E-state index in [2.05, 4.69) is 19.9 Å². The number of sulfonamides is 1. The van der Waals surface area contributed by atoms with Gasteiger partial charge in [0.15, 0.2) is 0 Å². The van der Waals surface area contributed by atoms with Crippen LogP contribution in [0, 0.1) is 6.92 Å². The minimum absolute atomic E-state index is 0.0344. The molecule has 0 atom stereocenters. The number of para-hydroxylation sites is 1. The first-order chi connectivity index (χ1) is 13.0. The summed E-state index contributed by atoms with van der Waals surface area (Å²) in [6.07, 6.45) is 1.67. The summed E-state index contributed by atoms with van der Waals surface area (Å²) in [6.45, 7) is 2.06. The second-order valence-corrected chi connectivity index (χ2v) is 7.84. The van der Waals surface area contributed by atoms with E-state index >= 15 is 0 Å². The first-order valence-electron chi connectivity index (χ1n) is 8.11. The van der Waals surface area contributed by atoms with E-state index in [1.165, 1.54) is 0 Å². The molecule has 27 heavy (non-hydrogen) atoms. The molecule has 0 radical (unpaired) electrons. The van der Waals surface area contributed by atoms with E-state index in [-0.39, 0.29) is 17.1 Å². The topological polar surface area (TPSA) is 83.8 Å². The molecule has 1 heterocycles. The molecule has 0 aliphatic heterocycles. The van der Waals surface area contributed by atoms with Gasteiger partial charge in [-0.15, -0.1) is 0 Å². The van der Waals surface area contributed by atoms with Crippen molar-refractivity contribution in [2.24, 2.45) is 10.2 Å². The van der Waals surface area contributed by atoms with Gasteiger partial charge in [-0.3, -0.25) is 9.71 Å². The number of hydrogen-bond donors (Lipinski definition) is 1. The van der Waals surface area contributed by atoms with Crippen LogP contribution in [0.15, 0.2) is 82.0 Å². The first-order valence-corrected chi connectivity index (χ1v) is 9.97. The molecule has 0 unspecified atom stereocenters. The zero-order valence-electron chi connectivity index (χ0n) is 14.5. The third kappa shape index (κ3) is 4.90. The van der Waals surface area contributed by atoms with E-state index in [0.717, 1.165) is 11.3 Å². The van der Waals surface area contributed by atoms with Crippen LogP contribution in [0.25, 0.3) is 0 Å². The Hall–Kier alpha value is -2.77. The molecule has 0 amide bonds. The monoisotopic (exact) mass is 400 g/mol. The highest BCUT2D eigenvalue weighted by molar-refractivity contribution is 7.92. The van der Waals surface area contributed by atoms with Crippen molar-refractivity contribution in [3.05, 3.63) is 83.1 Å². The van der Waals surface area contributed by atoms with Crippen LogP contribution >= 0.6 is 11.6 Å². The summed E-state index contributed by atoms with van der Waals surface area (Å²) in [5.41, 5.74) is 2.08. The molecule has 6 nitrogen and oxygen atoms in total. The van der Waals surface area contributed by atoms with Gasteiger partial charge in [0.2, 0.25) is 0 Å². The van der Waals surface area contributed by atoms with Gasteiger partial charge >= 0.3 is 0 Å². The summed E-state index contributed by atoms with van der Waals surface area (Å²) in [5, 5.41) is 8.50. The van der Waals surface area contributed by atoms with Crippen LogP contribution < -0.4 is 4.72 Å². The number of aryl methyl sites for hydroxylation is 1. The zero-order chi connectivity index (χ0) is 19.3. The van der Waals surface area contributed by atoms with Crippen LogP contribution in [0.5, 0.6) is 0 Å². The molecule has 3 aromatic rings. The molecule has 0 aliphatic rings. The van der Waals surface area contributed by atoms with Crippen molar-refractivity contribution in [2.75, 3.05) is 4.72 Å². The largest absolute Gasteiger partial charge is 0.278 e. The van der Waals surface area contributed by atoms with E-state index in [4.69, 9.17) is 11.6 Å². The van der Waals surface area contributed by atoms with E-state index in [1.807, 2.05) is 25.1 Å². The predicted octanol–water partition coefficient (Wildman–Crippen LogP) is 5.13. The maximum Gasteiger partial charge on any atom is 0.264 e. The van der Waals surface area contributed by atoms with Gasteiger partial charge < -0.3 is 0 Å². The maximum absolute atomic E-state index is 12.9. The molecule has 0 aliphatic carbocycles. The summed E-state index contributed by atoms with van der Waals surface area (Å²) >= 11 is 6.06. The number of anilines is 1. The predicted molar refractivity (Wildman–Crippen MR) is 106 cm³/mol. The molecule has 8 heteroatoms. The van der Waals surface area contributed by atoms with Crippen LogP contribution in [0.2, 0.25) is 5.02 Å². The molecule has 2 aromatic carbocycles.